The molecule has 0 fully saturated rings. The molecule has 0 aliphatic carbocycles. The van der Waals surface area contributed by atoms with E-state index in [2.05, 4.69) is 26.6 Å². The van der Waals surface area contributed by atoms with Crippen LogP contribution in [-0.4, -0.2) is 51.9 Å². The number of thioether (sulfide) groups is 1. The first-order valence-corrected chi connectivity index (χ1v) is 7.42. The van der Waals surface area contributed by atoms with Crippen molar-refractivity contribution < 1.29 is 9.90 Å². The zero-order chi connectivity index (χ0) is 14.7. The van der Waals surface area contributed by atoms with Gasteiger partial charge in [-0.25, -0.2) is 4.98 Å². The molecule has 20 heavy (non-hydrogen) atoms. The van der Waals surface area contributed by atoms with Gasteiger partial charge in [-0.05, 0) is 38.7 Å². The standard InChI is InChI=1S/C14H19N3O2S/c1-10-4-5-12-11(8-10)15-14(20-9-13(18)19)17(12)7-6-16(2)3/h4-5,8H,6-7,9H2,1-3H3,(H,18,19). The Morgan fingerprint density at radius 3 is 2.85 bits per heavy atom. The highest BCUT2D eigenvalue weighted by molar-refractivity contribution is 7.99. The number of aliphatic carboxylic acids is 1. The van der Waals surface area contributed by atoms with Gasteiger partial charge in [-0.3, -0.25) is 4.79 Å². The van der Waals surface area contributed by atoms with Crippen molar-refractivity contribution in [1.29, 1.82) is 0 Å². The summed E-state index contributed by atoms with van der Waals surface area (Å²) in [6.07, 6.45) is 0. The Morgan fingerprint density at radius 2 is 2.20 bits per heavy atom. The molecule has 6 heteroatoms. The minimum atomic E-state index is -0.822. The summed E-state index contributed by atoms with van der Waals surface area (Å²) in [5.41, 5.74) is 3.14. The van der Waals surface area contributed by atoms with Crippen molar-refractivity contribution in [2.75, 3.05) is 26.4 Å². The fraction of sp³-hybridized carbons (Fsp3) is 0.429. The third-order valence-electron chi connectivity index (χ3n) is 2.96. The van der Waals surface area contributed by atoms with Crippen molar-refractivity contribution in [3.05, 3.63) is 23.8 Å². The zero-order valence-electron chi connectivity index (χ0n) is 12.0. The number of imidazole rings is 1. The van der Waals surface area contributed by atoms with Crippen LogP contribution in [0, 0.1) is 6.92 Å². The van der Waals surface area contributed by atoms with E-state index in [-0.39, 0.29) is 5.75 Å². The molecule has 0 atom stereocenters. The number of aryl methyl sites for hydroxylation is 1. The van der Waals surface area contributed by atoms with E-state index in [1.54, 1.807) is 0 Å². The number of benzene rings is 1. The molecule has 1 aromatic heterocycles. The molecule has 0 unspecified atom stereocenters. The van der Waals surface area contributed by atoms with E-state index in [4.69, 9.17) is 5.11 Å². The molecule has 0 radical (unpaired) electrons. The molecule has 1 aromatic carbocycles. The molecule has 0 aliphatic rings. The highest BCUT2D eigenvalue weighted by Gasteiger charge is 2.12. The van der Waals surface area contributed by atoms with E-state index in [0.29, 0.717) is 0 Å². The number of carbonyl (C=O) groups is 1. The summed E-state index contributed by atoms with van der Waals surface area (Å²) in [6, 6.07) is 6.15. The van der Waals surface area contributed by atoms with Crippen molar-refractivity contribution in [3.8, 4) is 0 Å². The number of fused-ring (bicyclic) bond motifs is 1. The summed E-state index contributed by atoms with van der Waals surface area (Å²) >= 11 is 1.27. The molecule has 0 saturated carbocycles. The van der Waals surface area contributed by atoms with Gasteiger partial charge in [-0.2, -0.15) is 0 Å². The van der Waals surface area contributed by atoms with Crippen LogP contribution < -0.4 is 0 Å². The monoisotopic (exact) mass is 293 g/mol. The summed E-state index contributed by atoms with van der Waals surface area (Å²) in [4.78, 5) is 17.4. The molecule has 0 spiro atoms. The van der Waals surface area contributed by atoms with Gasteiger partial charge < -0.3 is 14.6 Å². The van der Waals surface area contributed by atoms with E-state index >= 15 is 0 Å². The molecule has 0 bridgehead atoms. The SMILES string of the molecule is Cc1ccc2c(c1)nc(SCC(=O)O)n2CCN(C)C. The summed E-state index contributed by atoms with van der Waals surface area (Å²) in [5.74, 6) is -0.790. The highest BCUT2D eigenvalue weighted by atomic mass is 32.2. The topological polar surface area (TPSA) is 58.4 Å². The number of rotatable bonds is 6. The van der Waals surface area contributed by atoms with Crippen molar-refractivity contribution in [3.63, 3.8) is 0 Å². The average molecular weight is 293 g/mol. The van der Waals surface area contributed by atoms with Gasteiger partial charge >= 0.3 is 5.97 Å². The molecular weight excluding hydrogens is 274 g/mol. The molecule has 0 saturated heterocycles. The lowest BCUT2D eigenvalue weighted by Gasteiger charge is -2.12. The van der Waals surface area contributed by atoms with Crippen LogP contribution in [0.15, 0.2) is 23.4 Å². The van der Waals surface area contributed by atoms with Gasteiger partial charge in [0.15, 0.2) is 5.16 Å². The van der Waals surface area contributed by atoms with Gasteiger partial charge in [0, 0.05) is 13.1 Å². The van der Waals surface area contributed by atoms with Crippen molar-refractivity contribution >= 4 is 28.8 Å². The summed E-state index contributed by atoms with van der Waals surface area (Å²) in [6.45, 7) is 3.72. The Balaban J connectivity index is 2.36. The zero-order valence-corrected chi connectivity index (χ0v) is 12.8. The third-order valence-corrected chi connectivity index (χ3v) is 3.93. The summed E-state index contributed by atoms with van der Waals surface area (Å²) in [7, 11) is 4.04. The molecule has 2 rings (SSSR count). The van der Waals surface area contributed by atoms with Gasteiger partial charge in [0.25, 0.3) is 0 Å². The maximum Gasteiger partial charge on any atom is 0.313 e. The first kappa shape index (κ1) is 14.9. The van der Waals surface area contributed by atoms with E-state index < -0.39 is 5.97 Å². The van der Waals surface area contributed by atoms with Crippen molar-refractivity contribution in [2.45, 2.75) is 18.6 Å². The highest BCUT2D eigenvalue weighted by Crippen LogP contribution is 2.24. The first-order chi connectivity index (χ1) is 9.47. The van der Waals surface area contributed by atoms with Crippen molar-refractivity contribution in [1.82, 2.24) is 14.5 Å². The van der Waals surface area contributed by atoms with E-state index in [1.807, 2.05) is 27.1 Å². The fourth-order valence-corrected chi connectivity index (χ4v) is 2.73. The largest absolute Gasteiger partial charge is 0.481 e. The third kappa shape index (κ3) is 3.52. The Labute approximate surface area is 122 Å². The second-order valence-corrected chi connectivity index (χ2v) is 5.97. The van der Waals surface area contributed by atoms with Gasteiger partial charge in [0.05, 0.1) is 16.8 Å². The number of carboxylic acids is 1. The molecule has 1 N–H and O–H groups in total. The van der Waals surface area contributed by atoms with Crippen LogP contribution in [0.2, 0.25) is 0 Å². The minimum Gasteiger partial charge on any atom is -0.481 e. The molecule has 2 aromatic rings. The predicted octanol–water partition coefficient (Wildman–Crippen LogP) is 2.08. The molecular formula is C14H19N3O2S. The average Bonchev–Trinajstić information content (AvgIpc) is 2.70. The number of nitrogens with zero attached hydrogens (tertiary/aromatic N) is 3. The second kappa shape index (κ2) is 6.28. The molecule has 0 aliphatic heterocycles. The number of likely N-dealkylation sites (N-methyl/N-ethyl adjacent to an activating group) is 1. The van der Waals surface area contributed by atoms with Crippen LogP contribution in [0.5, 0.6) is 0 Å². The van der Waals surface area contributed by atoms with E-state index in [0.717, 1.165) is 34.8 Å². The van der Waals surface area contributed by atoms with Crippen LogP contribution in [0.3, 0.4) is 0 Å². The fourth-order valence-electron chi connectivity index (χ4n) is 1.97. The Bertz CT molecular complexity index is 622. The number of aromatic nitrogens is 2. The van der Waals surface area contributed by atoms with E-state index in [9.17, 15) is 4.79 Å². The predicted molar refractivity (Wildman–Crippen MR) is 81.4 cm³/mol. The Kier molecular flexibility index (Phi) is 4.67. The molecule has 5 nitrogen and oxygen atoms in total. The lowest BCUT2D eigenvalue weighted by molar-refractivity contribution is -0.133. The molecule has 108 valence electrons. The lowest BCUT2D eigenvalue weighted by Crippen LogP contribution is -2.19. The quantitative estimate of drug-likeness (QED) is 0.826. The maximum absolute atomic E-state index is 10.8. The van der Waals surface area contributed by atoms with Crippen molar-refractivity contribution in [2.24, 2.45) is 0 Å². The van der Waals surface area contributed by atoms with Gasteiger partial charge in [-0.1, -0.05) is 17.8 Å². The molecule has 1 heterocycles. The van der Waals surface area contributed by atoms with Crippen LogP contribution in [-0.2, 0) is 11.3 Å². The van der Waals surface area contributed by atoms with Crippen LogP contribution in [0.4, 0.5) is 0 Å². The normalized spacial score (nSPS) is 11.4. The Hall–Kier alpha value is -1.53. The van der Waals surface area contributed by atoms with E-state index in [1.165, 1.54) is 11.8 Å². The lowest BCUT2D eigenvalue weighted by atomic mass is 10.2. The summed E-state index contributed by atoms with van der Waals surface area (Å²) < 4.78 is 2.10. The smallest absolute Gasteiger partial charge is 0.313 e. The number of carboxylic acid groups (broad SMARTS) is 1. The minimum absolute atomic E-state index is 0.0320. The van der Waals surface area contributed by atoms with Crippen LogP contribution >= 0.6 is 11.8 Å². The number of hydrogen-bond acceptors (Lipinski definition) is 4. The van der Waals surface area contributed by atoms with Gasteiger partial charge in [-0.15, -0.1) is 0 Å². The summed E-state index contributed by atoms with van der Waals surface area (Å²) in [5, 5.41) is 9.61. The maximum atomic E-state index is 10.8. The number of hydrogen-bond donors (Lipinski definition) is 1. The van der Waals surface area contributed by atoms with Gasteiger partial charge in [0.1, 0.15) is 0 Å². The van der Waals surface area contributed by atoms with Gasteiger partial charge in [0.2, 0.25) is 0 Å². The second-order valence-electron chi connectivity index (χ2n) is 5.02. The van der Waals surface area contributed by atoms with Crippen LogP contribution in [0.1, 0.15) is 5.56 Å². The van der Waals surface area contributed by atoms with Crippen LogP contribution in [0.25, 0.3) is 11.0 Å². The Morgan fingerprint density at radius 1 is 1.45 bits per heavy atom. The molecule has 0 amide bonds. The first-order valence-electron chi connectivity index (χ1n) is 6.43.